The molecule has 158 valence electrons. The number of methoxy groups -OCH3 is 1. The van der Waals surface area contributed by atoms with Gasteiger partial charge in [0.1, 0.15) is 6.61 Å². The summed E-state index contributed by atoms with van der Waals surface area (Å²) >= 11 is 1.44. The van der Waals surface area contributed by atoms with Gasteiger partial charge in [-0.05, 0) is 52.9 Å². The number of hydrogen-bond acceptors (Lipinski definition) is 6. The van der Waals surface area contributed by atoms with Gasteiger partial charge in [0.05, 0.1) is 23.6 Å². The minimum Gasteiger partial charge on any atom is -0.465 e. The van der Waals surface area contributed by atoms with Crippen LogP contribution in [0.15, 0.2) is 72.9 Å². The molecule has 2 aromatic carbocycles. The molecule has 4 rings (SSSR count). The highest BCUT2D eigenvalue weighted by molar-refractivity contribution is 7.06. The highest BCUT2D eigenvalue weighted by atomic mass is 32.1. The molecule has 2 heterocycles. The number of amides is 1. The topological polar surface area (TPSA) is 68.7 Å². The molecule has 0 saturated carbocycles. The smallest absolute Gasteiger partial charge is 0.410 e. The minimum atomic E-state index is -0.393. The van der Waals surface area contributed by atoms with Gasteiger partial charge < -0.3 is 9.47 Å². The maximum atomic E-state index is 13.0. The number of hydrogen-bond donors (Lipinski definition) is 0. The van der Waals surface area contributed by atoms with Crippen LogP contribution in [0.1, 0.15) is 38.8 Å². The fourth-order valence-corrected chi connectivity index (χ4v) is 4.19. The van der Waals surface area contributed by atoms with E-state index >= 15 is 0 Å². The fourth-order valence-electron chi connectivity index (χ4n) is 3.55. The van der Waals surface area contributed by atoms with E-state index in [0.29, 0.717) is 12.1 Å². The molecule has 6 nitrogen and oxygen atoms in total. The lowest BCUT2D eigenvalue weighted by Gasteiger charge is -2.34. The lowest BCUT2D eigenvalue weighted by molar-refractivity contribution is 0.0600. The van der Waals surface area contributed by atoms with Gasteiger partial charge in [-0.15, -0.1) is 0 Å². The molecule has 7 heteroatoms. The number of carbonyl (C=O) groups excluding carboxylic acids is 2. The Balaban J connectivity index is 1.59. The summed E-state index contributed by atoms with van der Waals surface area (Å²) in [5.41, 5.74) is 3.45. The maximum Gasteiger partial charge on any atom is 0.410 e. The Morgan fingerprint density at radius 2 is 1.87 bits per heavy atom. The minimum absolute atomic E-state index is 0.218. The van der Waals surface area contributed by atoms with Crippen LogP contribution < -0.4 is 0 Å². The van der Waals surface area contributed by atoms with Crippen molar-refractivity contribution in [3.63, 3.8) is 0 Å². The van der Waals surface area contributed by atoms with Crippen LogP contribution in [-0.4, -0.2) is 35.0 Å². The quantitative estimate of drug-likeness (QED) is 0.523. The predicted octanol–water partition coefficient (Wildman–Crippen LogP) is 5.10. The maximum absolute atomic E-state index is 13.0. The van der Waals surface area contributed by atoms with Gasteiger partial charge in [0, 0.05) is 12.7 Å². The zero-order valence-electron chi connectivity index (χ0n) is 17.1. The standard InChI is InChI=1S/C24H22N2O4S/c1-29-23(27)19-9-7-18(8-10-19)21-15-20(22-11-13-25-31-22)12-14-26(21)24(28)30-16-17-5-3-2-4-6-17/h2-11,13,15,21H,12,14,16H2,1H3. The Labute approximate surface area is 184 Å². The second-order valence-electron chi connectivity index (χ2n) is 7.11. The highest BCUT2D eigenvalue weighted by Crippen LogP contribution is 2.35. The first kappa shape index (κ1) is 20.8. The molecule has 0 saturated heterocycles. The van der Waals surface area contributed by atoms with E-state index in [1.54, 1.807) is 23.2 Å². The number of aromatic nitrogens is 1. The Hall–Kier alpha value is -3.45. The van der Waals surface area contributed by atoms with E-state index < -0.39 is 5.97 Å². The summed E-state index contributed by atoms with van der Waals surface area (Å²) in [6.07, 6.45) is 4.21. The summed E-state index contributed by atoms with van der Waals surface area (Å²) in [5.74, 6) is -0.393. The zero-order valence-corrected chi connectivity index (χ0v) is 17.9. The van der Waals surface area contributed by atoms with Crippen molar-refractivity contribution in [1.82, 2.24) is 9.27 Å². The third-order valence-electron chi connectivity index (χ3n) is 5.18. The normalized spacial score (nSPS) is 15.8. The Morgan fingerprint density at radius 3 is 2.55 bits per heavy atom. The molecule has 0 spiro atoms. The molecular formula is C24H22N2O4S. The molecule has 1 amide bonds. The number of rotatable bonds is 5. The molecule has 0 aliphatic carbocycles. The van der Waals surface area contributed by atoms with E-state index in [1.165, 1.54) is 18.6 Å². The van der Waals surface area contributed by atoms with E-state index in [0.717, 1.165) is 28.0 Å². The number of ether oxygens (including phenoxy) is 2. The summed E-state index contributed by atoms with van der Waals surface area (Å²) in [5, 5.41) is 0. The van der Waals surface area contributed by atoms with Crippen LogP contribution in [0.2, 0.25) is 0 Å². The van der Waals surface area contributed by atoms with Crippen molar-refractivity contribution in [2.24, 2.45) is 0 Å². The molecule has 3 aromatic rings. The van der Waals surface area contributed by atoms with Gasteiger partial charge in [0.15, 0.2) is 0 Å². The third-order valence-corrected chi connectivity index (χ3v) is 6.01. The lowest BCUT2D eigenvalue weighted by atomic mass is 9.95. The highest BCUT2D eigenvalue weighted by Gasteiger charge is 2.29. The van der Waals surface area contributed by atoms with Crippen LogP contribution >= 0.6 is 11.5 Å². The summed E-state index contributed by atoms with van der Waals surface area (Å²) in [6, 6.07) is 18.4. The van der Waals surface area contributed by atoms with Crippen molar-refractivity contribution < 1.29 is 19.1 Å². The number of nitrogens with zero attached hydrogens (tertiary/aromatic N) is 2. The van der Waals surface area contributed by atoms with Crippen molar-refractivity contribution >= 4 is 29.2 Å². The summed E-state index contributed by atoms with van der Waals surface area (Å²) in [7, 11) is 1.35. The van der Waals surface area contributed by atoms with E-state index in [4.69, 9.17) is 9.47 Å². The van der Waals surface area contributed by atoms with Gasteiger partial charge in [0.2, 0.25) is 0 Å². The molecule has 1 aromatic heterocycles. The summed E-state index contributed by atoms with van der Waals surface area (Å²) < 4.78 is 14.6. The SMILES string of the molecule is COC(=O)c1ccc(C2C=C(c3ccns3)CCN2C(=O)OCc2ccccc2)cc1. The van der Waals surface area contributed by atoms with E-state index in [2.05, 4.69) is 10.4 Å². The lowest BCUT2D eigenvalue weighted by Crippen LogP contribution is -2.37. The van der Waals surface area contributed by atoms with Crippen molar-refractivity contribution in [3.05, 3.63) is 94.5 Å². The van der Waals surface area contributed by atoms with Crippen LogP contribution in [0.4, 0.5) is 4.79 Å². The Bertz CT molecular complexity index is 1060. The fraction of sp³-hybridized carbons (Fsp3) is 0.208. The van der Waals surface area contributed by atoms with Gasteiger partial charge in [-0.2, -0.15) is 0 Å². The van der Waals surface area contributed by atoms with Gasteiger partial charge in [-0.1, -0.05) is 48.5 Å². The molecular weight excluding hydrogens is 412 g/mol. The average Bonchev–Trinajstić information content (AvgIpc) is 3.37. The molecule has 0 radical (unpaired) electrons. The summed E-state index contributed by atoms with van der Waals surface area (Å²) in [6.45, 7) is 0.746. The first-order valence-electron chi connectivity index (χ1n) is 9.93. The molecule has 1 atom stereocenters. The molecule has 31 heavy (non-hydrogen) atoms. The van der Waals surface area contributed by atoms with Crippen LogP contribution in [0.5, 0.6) is 0 Å². The van der Waals surface area contributed by atoms with Crippen LogP contribution in [0.25, 0.3) is 5.57 Å². The second-order valence-corrected chi connectivity index (χ2v) is 7.94. The van der Waals surface area contributed by atoms with Crippen LogP contribution in [0, 0.1) is 0 Å². The van der Waals surface area contributed by atoms with Crippen molar-refractivity contribution in [3.8, 4) is 0 Å². The largest absolute Gasteiger partial charge is 0.465 e. The molecule has 1 aliphatic rings. The number of benzene rings is 2. The Kier molecular flexibility index (Phi) is 6.43. The second kappa shape index (κ2) is 9.57. The molecule has 1 aliphatic heterocycles. The summed E-state index contributed by atoms with van der Waals surface area (Å²) in [4.78, 5) is 27.6. The van der Waals surface area contributed by atoms with Crippen molar-refractivity contribution in [2.45, 2.75) is 19.1 Å². The van der Waals surface area contributed by atoms with E-state index in [-0.39, 0.29) is 18.7 Å². The number of esters is 1. The van der Waals surface area contributed by atoms with Crippen molar-refractivity contribution in [1.29, 1.82) is 0 Å². The first-order chi connectivity index (χ1) is 15.2. The van der Waals surface area contributed by atoms with Crippen LogP contribution in [-0.2, 0) is 16.1 Å². The predicted molar refractivity (Wildman–Crippen MR) is 119 cm³/mol. The Morgan fingerprint density at radius 1 is 1.10 bits per heavy atom. The van der Waals surface area contributed by atoms with Gasteiger partial charge in [0.25, 0.3) is 0 Å². The van der Waals surface area contributed by atoms with Gasteiger partial charge in [-0.3, -0.25) is 4.90 Å². The zero-order chi connectivity index (χ0) is 21.6. The van der Waals surface area contributed by atoms with Crippen LogP contribution in [0.3, 0.4) is 0 Å². The number of carbonyl (C=O) groups is 2. The molecule has 0 N–H and O–H groups in total. The molecule has 0 fully saturated rings. The third kappa shape index (κ3) is 4.83. The van der Waals surface area contributed by atoms with Crippen molar-refractivity contribution in [2.75, 3.05) is 13.7 Å². The molecule has 1 unspecified atom stereocenters. The first-order valence-corrected chi connectivity index (χ1v) is 10.7. The van der Waals surface area contributed by atoms with E-state index in [9.17, 15) is 9.59 Å². The van der Waals surface area contributed by atoms with E-state index in [1.807, 2.05) is 48.5 Å². The monoisotopic (exact) mass is 434 g/mol. The van der Waals surface area contributed by atoms with Gasteiger partial charge in [-0.25, -0.2) is 14.0 Å². The van der Waals surface area contributed by atoms with Gasteiger partial charge >= 0.3 is 12.1 Å². The molecule has 0 bridgehead atoms. The average molecular weight is 435 g/mol.